The summed E-state index contributed by atoms with van der Waals surface area (Å²) >= 11 is 6.37. The molecule has 4 amide bonds. The van der Waals surface area contributed by atoms with Gasteiger partial charge < -0.3 is 24.9 Å². The number of rotatable bonds is 7. The van der Waals surface area contributed by atoms with Crippen molar-refractivity contribution in [1.29, 1.82) is 5.26 Å². The highest BCUT2D eigenvalue weighted by molar-refractivity contribution is 6.32. The number of amides is 4. The first-order valence-electron chi connectivity index (χ1n) is 20.5. The monoisotopic (exact) mass is 808 g/mol. The molecule has 12 nitrogen and oxygen atoms in total. The lowest BCUT2D eigenvalue weighted by atomic mass is 9.76. The molecule has 3 aromatic carbocycles. The zero-order chi connectivity index (χ0) is 40.6. The second-order valence-electron chi connectivity index (χ2n) is 16.7. The van der Waals surface area contributed by atoms with Crippen LogP contribution in [0.1, 0.15) is 78.1 Å². The number of nitrogens with zero attached hydrogens (tertiary/aromatic N) is 6. The Morgan fingerprint density at radius 3 is 2.19 bits per heavy atom. The van der Waals surface area contributed by atoms with Gasteiger partial charge in [-0.3, -0.25) is 29.4 Å². The molecule has 5 saturated heterocycles. The zero-order valence-corrected chi connectivity index (χ0v) is 33.6. The van der Waals surface area contributed by atoms with Gasteiger partial charge in [0.25, 0.3) is 11.8 Å². The maximum absolute atomic E-state index is 15.1. The predicted octanol–water partition coefficient (Wildman–Crippen LogP) is 5.20. The second kappa shape index (κ2) is 16.6. The third-order valence-corrected chi connectivity index (χ3v) is 13.5. The summed E-state index contributed by atoms with van der Waals surface area (Å²) in [7, 11) is 0. The van der Waals surface area contributed by atoms with Crippen LogP contribution >= 0.6 is 11.6 Å². The first kappa shape index (κ1) is 39.6. The Morgan fingerprint density at radius 1 is 0.862 bits per heavy atom. The number of hydrogen-bond acceptors (Lipinski definition) is 9. The fourth-order valence-electron chi connectivity index (χ4n) is 9.77. The van der Waals surface area contributed by atoms with Gasteiger partial charge in [-0.25, -0.2) is 4.39 Å². The van der Waals surface area contributed by atoms with Crippen LogP contribution in [0.4, 0.5) is 21.5 Å². The van der Waals surface area contributed by atoms with Gasteiger partial charge in [-0.2, -0.15) is 5.26 Å². The van der Waals surface area contributed by atoms with Crippen molar-refractivity contribution >= 4 is 52.3 Å². The molecule has 0 saturated carbocycles. The van der Waals surface area contributed by atoms with E-state index < -0.39 is 23.7 Å². The van der Waals surface area contributed by atoms with E-state index in [0.717, 1.165) is 94.9 Å². The summed E-state index contributed by atoms with van der Waals surface area (Å²) in [6.45, 7) is 9.70. The Bertz CT molecular complexity index is 2100. The lowest BCUT2D eigenvalue weighted by Crippen LogP contribution is -2.53. The third kappa shape index (κ3) is 8.22. The Balaban J connectivity index is 0.775. The summed E-state index contributed by atoms with van der Waals surface area (Å²) in [4.78, 5) is 61.2. The van der Waals surface area contributed by atoms with Crippen LogP contribution < -0.4 is 25.3 Å². The highest BCUT2D eigenvalue weighted by Crippen LogP contribution is 2.46. The molecule has 2 atom stereocenters. The summed E-state index contributed by atoms with van der Waals surface area (Å²) in [6.07, 6.45) is 5.45. The largest absolute Gasteiger partial charge is 0.371 e. The number of carbonyl (C=O) groups excluding carboxylic acids is 4. The molecule has 3 aromatic rings. The van der Waals surface area contributed by atoms with Gasteiger partial charge in [-0.1, -0.05) is 11.6 Å². The van der Waals surface area contributed by atoms with E-state index in [9.17, 15) is 24.4 Å². The Morgan fingerprint density at radius 2 is 1.53 bits per heavy atom. The van der Waals surface area contributed by atoms with Crippen molar-refractivity contribution in [1.82, 2.24) is 20.4 Å². The van der Waals surface area contributed by atoms with Gasteiger partial charge in [-0.15, -0.1) is 0 Å². The second-order valence-corrected chi connectivity index (χ2v) is 17.1. The molecule has 8 rings (SSSR count). The number of carbonyl (C=O) groups is 4. The van der Waals surface area contributed by atoms with E-state index in [-0.39, 0.29) is 35.6 Å². The van der Waals surface area contributed by atoms with Crippen molar-refractivity contribution in [3.05, 3.63) is 88.2 Å². The van der Waals surface area contributed by atoms with Crippen molar-refractivity contribution in [2.75, 3.05) is 73.6 Å². The van der Waals surface area contributed by atoms with E-state index in [4.69, 9.17) is 11.6 Å². The normalized spacial score (nSPS) is 22.9. The van der Waals surface area contributed by atoms with E-state index in [2.05, 4.69) is 55.4 Å². The highest BCUT2D eigenvalue weighted by atomic mass is 35.5. The predicted molar refractivity (Wildman–Crippen MR) is 221 cm³/mol. The number of imide groups is 1. The highest BCUT2D eigenvalue weighted by Gasteiger charge is 2.44. The summed E-state index contributed by atoms with van der Waals surface area (Å²) in [5, 5.41) is 14.5. The van der Waals surface area contributed by atoms with Crippen LogP contribution in [0, 0.1) is 22.6 Å². The minimum Gasteiger partial charge on any atom is -0.371 e. The van der Waals surface area contributed by atoms with Crippen molar-refractivity contribution in [2.45, 2.75) is 70.0 Å². The van der Waals surface area contributed by atoms with E-state index in [1.165, 1.54) is 12.1 Å². The molecule has 0 bridgehead atoms. The molecule has 0 radical (unpaired) electrons. The average Bonchev–Trinajstić information content (AvgIpc) is 3.56. The molecular formula is C44H50ClFN8O4. The Labute approximate surface area is 343 Å². The minimum absolute atomic E-state index is 0.0756. The fourth-order valence-corrected chi connectivity index (χ4v) is 9.99. The van der Waals surface area contributed by atoms with Crippen LogP contribution in [-0.4, -0.2) is 110 Å². The molecule has 58 heavy (non-hydrogen) atoms. The number of anilines is 3. The number of nitrogens with one attached hydrogen (secondary N) is 2. The number of halogens is 2. The van der Waals surface area contributed by atoms with Crippen LogP contribution in [0.2, 0.25) is 5.02 Å². The summed E-state index contributed by atoms with van der Waals surface area (Å²) in [5.74, 6) is -2.22. The standard InChI is InChI=1S/C44H50ClFN8O4/c1-29-26-44(28-54(29)35-7-4-31(27-47)37(45)24-35)14-18-50(19-15-44)32-5-2-30(3-6-32)43(58)53-16-12-33(13-17-53)51-20-22-52(23-21-51)34-8-9-36(38(46)25-34)41(56)48-39-10-11-40(55)49-42(39)57/h2-9,24-25,29,33,39H,10-23,26,28H2,1H3,(H,48,56)(H,49,55,57)/t29-,39?/m1/s1. The molecule has 0 aliphatic carbocycles. The van der Waals surface area contributed by atoms with E-state index in [1.807, 2.05) is 35.2 Å². The number of benzene rings is 3. The van der Waals surface area contributed by atoms with Crippen LogP contribution in [0.3, 0.4) is 0 Å². The van der Waals surface area contributed by atoms with Gasteiger partial charge >= 0.3 is 0 Å². The number of piperazine rings is 1. The lowest BCUT2D eigenvalue weighted by Gasteiger charge is -2.43. The molecule has 1 spiro atoms. The molecular weight excluding hydrogens is 759 g/mol. The quantitative estimate of drug-likeness (QED) is 0.310. The van der Waals surface area contributed by atoms with Crippen molar-refractivity contribution in [3.8, 4) is 6.07 Å². The first-order chi connectivity index (χ1) is 28.0. The number of likely N-dealkylation sites (tertiary alicyclic amines) is 1. The molecule has 5 fully saturated rings. The number of piperidine rings is 3. The summed E-state index contributed by atoms with van der Waals surface area (Å²) in [5.41, 5.74) is 4.27. The SMILES string of the molecule is C[C@@H]1CC2(CCN(c3ccc(C(=O)N4CCC(N5CCN(c6ccc(C(=O)NC7CCC(=O)NC7=O)c(F)c6)CC5)CC4)cc3)CC2)CN1c1ccc(C#N)c(Cl)c1. The van der Waals surface area contributed by atoms with E-state index in [1.54, 1.807) is 6.07 Å². The fraction of sp³-hybridized carbons (Fsp3) is 0.477. The molecule has 5 heterocycles. The van der Waals surface area contributed by atoms with Crippen molar-refractivity contribution < 1.29 is 23.6 Å². The summed E-state index contributed by atoms with van der Waals surface area (Å²) in [6, 6.07) is 20.5. The van der Waals surface area contributed by atoms with Crippen LogP contribution in [0.15, 0.2) is 60.7 Å². The van der Waals surface area contributed by atoms with Gasteiger partial charge in [0, 0.05) is 100 Å². The third-order valence-electron chi connectivity index (χ3n) is 13.2. The topological polar surface area (TPSA) is 132 Å². The summed E-state index contributed by atoms with van der Waals surface area (Å²) < 4.78 is 15.1. The molecule has 0 aromatic heterocycles. The molecule has 5 aliphatic rings. The molecule has 1 unspecified atom stereocenters. The molecule has 2 N–H and O–H groups in total. The Hall–Kier alpha value is -5.19. The lowest BCUT2D eigenvalue weighted by molar-refractivity contribution is -0.134. The zero-order valence-electron chi connectivity index (χ0n) is 32.9. The van der Waals surface area contributed by atoms with Gasteiger partial charge in [0.2, 0.25) is 11.8 Å². The molecule has 5 aliphatic heterocycles. The maximum Gasteiger partial charge on any atom is 0.254 e. The molecule has 304 valence electrons. The average molecular weight is 809 g/mol. The van der Waals surface area contributed by atoms with Gasteiger partial charge in [0.1, 0.15) is 17.9 Å². The molecule has 14 heteroatoms. The number of hydrogen-bond donors (Lipinski definition) is 2. The Kier molecular flexibility index (Phi) is 11.3. The van der Waals surface area contributed by atoms with Crippen LogP contribution in [0.5, 0.6) is 0 Å². The smallest absolute Gasteiger partial charge is 0.254 e. The van der Waals surface area contributed by atoms with E-state index >= 15 is 4.39 Å². The minimum atomic E-state index is -0.868. The van der Waals surface area contributed by atoms with Crippen LogP contribution in [0.25, 0.3) is 0 Å². The van der Waals surface area contributed by atoms with Crippen molar-refractivity contribution in [2.24, 2.45) is 5.41 Å². The van der Waals surface area contributed by atoms with Gasteiger partial charge in [0.15, 0.2) is 0 Å². The van der Waals surface area contributed by atoms with Gasteiger partial charge in [0.05, 0.1) is 16.1 Å². The van der Waals surface area contributed by atoms with Gasteiger partial charge in [-0.05, 0) is 112 Å². The van der Waals surface area contributed by atoms with Crippen LogP contribution in [-0.2, 0) is 9.59 Å². The maximum atomic E-state index is 15.1. The van der Waals surface area contributed by atoms with Crippen molar-refractivity contribution in [3.63, 3.8) is 0 Å². The van der Waals surface area contributed by atoms with E-state index in [0.29, 0.717) is 41.4 Å². The first-order valence-corrected chi connectivity index (χ1v) is 20.9. The number of nitriles is 1.